The van der Waals surface area contributed by atoms with Gasteiger partial charge in [0.2, 0.25) is 0 Å². The van der Waals surface area contributed by atoms with Crippen LogP contribution in [-0.2, 0) is 6.54 Å². The predicted octanol–water partition coefficient (Wildman–Crippen LogP) is 2.39. The molecule has 2 aromatic heterocycles. The third-order valence-corrected chi connectivity index (χ3v) is 3.53. The van der Waals surface area contributed by atoms with Crippen molar-refractivity contribution in [2.45, 2.75) is 26.3 Å². The maximum Gasteiger partial charge on any atom is 0.258 e. The van der Waals surface area contributed by atoms with Gasteiger partial charge in [0.1, 0.15) is 0 Å². The Kier molecular flexibility index (Phi) is 5.50. The molecule has 0 aliphatic rings. The molecule has 2 heterocycles. The lowest BCUT2D eigenvalue weighted by Gasteiger charge is -2.18. The van der Waals surface area contributed by atoms with Crippen LogP contribution in [0.1, 0.15) is 25.6 Å². The third kappa shape index (κ3) is 4.12. The molecule has 0 aliphatic heterocycles. The molecule has 0 saturated carbocycles. The van der Waals surface area contributed by atoms with Gasteiger partial charge in [-0.1, -0.05) is 18.5 Å². The highest BCUT2D eigenvalue weighted by molar-refractivity contribution is 7.08. The summed E-state index contributed by atoms with van der Waals surface area (Å²) in [6.45, 7) is 4.51. The van der Waals surface area contributed by atoms with Crippen molar-refractivity contribution in [2.75, 3.05) is 19.7 Å². The number of aliphatic hydroxyl groups is 1. The van der Waals surface area contributed by atoms with Crippen LogP contribution in [0.4, 0.5) is 0 Å². The Labute approximate surface area is 116 Å². The number of unbranched alkanes of at least 4 members (excludes halogenated alkanes) is 1. The molecule has 0 radical (unpaired) electrons. The summed E-state index contributed by atoms with van der Waals surface area (Å²) < 4.78 is 5.25. The van der Waals surface area contributed by atoms with E-state index in [4.69, 9.17) is 9.63 Å². The van der Waals surface area contributed by atoms with Crippen LogP contribution in [0.25, 0.3) is 11.5 Å². The standard InChI is InChI=1S/C13H19N3O2S/c1-2-3-5-16(6-7-17)9-12-14-13(18-15-12)11-4-8-19-10-11/h4,8,10,17H,2-3,5-7,9H2,1H3. The minimum Gasteiger partial charge on any atom is -0.395 e. The normalized spacial score (nSPS) is 11.3. The molecule has 0 spiro atoms. The summed E-state index contributed by atoms with van der Waals surface area (Å²) >= 11 is 1.61. The van der Waals surface area contributed by atoms with E-state index in [1.807, 2.05) is 16.8 Å². The molecule has 2 aromatic rings. The average molecular weight is 281 g/mol. The Morgan fingerprint density at radius 1 is 1.42 bits per heavy atom. The highest BCUT2D eigenvalue weighted by Gasteiger charge is 2.12. The number of hydrogen-bond donors (Lipinski definition) is 1. The second kappa shape index (κ2) is 7.37. The first-order chi connectivity index (χ1) is 9.33. The lowest BCUT2D eigenvalue weighted by atomic mass is 10.3. The van der Waals surface area contributed by atoms with Crippen molar-refractivity contribution >= 4 is 11.3 Å². The van der Waals surface area contributed by atoms with Crippen LogP contribution >= 0.6 is 11.3 Å². The third-order valence-electron chi connectivity index (χ3n) is 2.85. The van der Waals surface area contributed by atoms with Crippen molar-refractivity contribution in [3.8, 4) is 11.5 Å². The highest BCUT2D eigenvalue weighted by Crippen LogP contribution is 2.20. The number of thiophene rings is 1. The molecular weight excluding hydrogens is 262 g/mol. The van der Waals surface area contributed by atoms with Gasteiger partial charge in [-0.25, -0.2) is 0 Å². The maximum absolute atomic E-state index is 9.06. The minimum absolute atomic E-state index is 0.152. The van der Waals surface area contributed by atoms with Crippen molar-refractivity contribution in [2.24, 2.45) is 0 Å². The molecular formula is C13H19N3O2S. The van der Waals surface area contributed by atoms with Gasteiger partial charge in [-0.05, 0) is 24.4 Å². The molecule has 0 fully saturated rings. The van der Waals surface area contributed by atoms with Crippen molar-refractivity contribution < 1.29 is 9.63 Å². The molecule has 0 amide bonds. The molecule has 1 N–H and O–H groups in total. The first-order valence-corrected chi connectivity index (χ1v) is 7.46. The van der Waals surface area contributed by atoms with Crippen LogP contribution in [0.2, 0.25) is 0 Å². The van der Waals surface area contributed by atoms with Gasteiger partial charge in [-0.15, -0.1) is 0 Å². The van der Waals surface area contributed by atoms with Crippen molar-refractivity contribution in [3.05, 3.63) is 22.7 Å². The summed E-state index contributed by atoms with van der Waals surface area (Å²) in [7, 11) is 0. The number of nitrogens with zero attached hydrogens (tertiary/aromatic N) is 3. The molecule has 0 aromatic carbocycles. The van der Waals surface area contributed by atoms with Crippen molar-refractivity contribution in [3.63, 3.8) is 0 Å². The summed E-state index contributed by atoms with van der Waals surface area (Å²) in [5.74, 6) is 1.24. The first-order valence-electron chi connectivity index (χ1n) is 6.52. The van der Waals surface area contributed by atoms with E-state index in [0.717, 1.165) is 24.9 Å². The highest BCUT2D eigenvalue weighted by atomic mass is 32.1. The Bertz CT molecular complexity index is 470. The summed E-state index contributed by atoms with van der Waals surface area (Å²) in [5.41, 5.74) is 0.964. The summed E-state index contributed by atoms with van der Waals surface area (Å²) in [5, 5.41) is 17.0. The molecule has 5 nitrogen and oxygen atoms in total. The zero-order valence-corrected chi connectivity index (χ0v) is 11.9. The molecule has 0 atom stereocenters. The van der Waals surface area contributed by atoms with Crippen LogP contribution in [0.5, 0.6) is 0 Å². The topological polar surface area (TPSA) is 62.4 Å². The van der Waals surface area contributed by atoms with Crippen LogP contribution < -0.4 is 0 Å². The van der Waals surface area contributed by atoms with E-state index < -0.39 is 0 Å². The average Bonchev–Trinajstić information content (AvgIpc) is 3.06. The van der Waals surface area contributed by atoms with Crippen molar-refractivity contribution in [1.82, 2.24) is 15.0 Å². The maximum atomic E-state index is 9.06. The lowest BCUT2D eigenvalue weighted by Crippen LogP contribution is -2.28. The Hall–Kier alpha value is -1.24. The second-order valence-electron chi connectivity index (χ2n) is 4.38. The van der Waals surface area contributed by atoms with E-state index in [9.17, 15) is 0 Å². The predicted molar refractivity (Wildman–Crippen MR) is 74.9 cm³/mol. The molecule has 0 saturated heterocycles. The first kappa shape index (κ1) is 14.2. The van der Waals surface area contributed by atoms with Crippen LogP contribution in [0, 0.1) is 0 Å². The summed E-state index contributed by atoms with van der Waals surface area (Å²) in [6, 6.07) is 1.96. The number of rotatable bonds is 8. The quantitative estimate of drug-likeness (QED) is 0.805. The number of aromatic nitrogens is 2. The SMILES string of the molecule is CCCCN(CCO)Cc1noc(-c2ccsc2)n1. The monoisotopic (exact) mass is 281 g/mol. The van der Waals surface area contributed by atoms with Gasteiger partial charge in [0.05, 0.1) is 18.7 Å². The van der Waals surface area contributed by atoms with Gasteiger partial charge in [-0.3, -0.25) is 4.90 Å². The van der Waals surface area contributed by atoms with Crippen molar-refractivity contribution in [1.29, 1.82) is 0 Å². The summed E-state index contributed by atoms with van der Waals surface area (Å²) in [4.78, 5) is 6.53. The summed E-state index contributed by atoms with van der Waals surface area (Å²) in [6.07, 6.45) is 2.24. The van der Waals surface area contributed by atoms with E-state index in [1.54, 1.807) is 11.3 Å². The van der Waals surface area contributed by atoms with Gasteiger partial charge in [-0.2, -0.15) is 16.3 Å². The van der Waals surface area contributed by atoms with Gasteiger partial charge in [0.25, 0.3) is 5.89 Å². The fourth-order valence-electron chi connectivity index (χ4n) is 1.81. The van der Waals surface area contributed by atoms with E-state index >= 15 is 0 Å². The smallest absolute Gasteiger partial charge is 0.258 e. The van der Waals surface area contributed by atoms with E-state index in [2.05, 4.69) is 22.0 Å². The van der Waals surface area contributed by atoms with Gasteiger partial charge < -0.3 is 9.63 Å². The van der Waals surface area contributed by atoms with Gasteiger partial charge in [0.15, 0.2) is 5.82 Å². The van der Waals surface area contributed by atoms with Crippen LogP contribution in [0.3, 0.4) is 0 Å². The zero-order chi connectivity index (χ0) is 13.5. The largest absolute Gasteiger partial charge is 0.395 e. The molecule has 0 unspecified atom stereocenters. The molecule has 6 heteroatoms. The van der Waals surface area contributed by atoms with Gasteiger partial charge >= 0.3 is 0 Å². The minimum atomic E-state index is 0.152. The van der Waals surface area contributed by atoms with E-state index in [0.29, 0.717) is 24.8 Å². The van der Waals surface area contributed by atoms with Crippen LogP contribution in [-0.4, -0.2) is 39.8 Å². The molecule has 0 bridgehead atoms. The molecule has 19 heavy (non-hydrogen) atoms. The zero-order valence-electron chi connectivity index (χ0n) is 11.1. The second-order valence-corrected chi connectivity index (χ2v) is 5.16. The lowest BCUT2D eigenvalue weighted by molar-refractivity contribution is 0.184. The number of aliphatic hydroxyl groups excluding tert-OH is 1. The van der Waals surface area contributed by atoms with E-state index in [-0.39, 0.29) is 6.61 Å². The Morgan fingerprint density at radius 2 is 2.32 bits per heavy atom. The molecule has 2 rings (SSSR count). The molecule has 0 aliphatic carbocycles. The Morgan fingerprint density at radius 3 is 3.00 bits per heavy atom. The molecule has 104 valence electrons. The number of hydrogen-bond acceptors (Lipinski definition) is 6. The van der Waals surface area contributed by atoms with E-state index in [1.165, 1.54) is 0 Å². The van der Waals surface area contributed by atoms with Gasteiger partial charge in [0, 0.05) is 11.9 Å². The Balaban J connectivity index is 1.97. The van der Waals surface area contributed by atoms with Crippen LogP contribution in [0.15, 0.2) is 21.3 Å². The fourth-order valence-corrected chi connectivity index (χ4v) is 2.44. The fraction of sp³-hybridized carbons (Fsp3) is 0.538.